The first kappa shape index (κ1) is 24.5. The lowest BCUT2D eigenvalue weighted by atomic mass is 10.1. The van der Waals surface area contributed by atoms with E-state index in [1.54, 1.807) is 19.2 Å². The Labute approximate surface area is 192 Å². The van der Waals surface area contributed by atoms with Gasteiger partial charge in [0, 0.05) is 0 Å². The van der Waals surface area contributed by atoms with Crippen molar-refractivity contribution in [1.29, 1.82) is 0 Å². The van der Waals surface area contributed by atoms with E-state index in [0.717, 1.165) is 12.2 Å². The number of aryl methyl sites for hydroxylation is 1. The third-order valence-electron chi connectivity index (χ3n) is 4.48. The van der Waals surface area contributed by atoms with Crippen molar-refractivity contribution in [2.45, 2.75) is 39.0 Å². The Morgan fingerprint density at radius 2 is 1.87 bits per heavy atom. The number of hydrogen-bond donors (Lipinski definition) is 2. The minimum atomic E-state index is -0.733. The van der Waals surface area contributed by atoms with E-state index in [4.69, 9.17) is 19.9 Å². The van der Waals surface area contributed by atoms with Crippen LogP contribution in [0.15, 0.2) is 46.0 Å². The van der Waals surface area contributed by atoms with E-state index in [2.05, 4.69) is 45.5 Å². The second-order valence-electron chi connectivity index (χ2n) is 6.92. The molecule has 3 N–H and O–H groups in total. The Bertz CT molecular complexity index is 857. The van der Waals surface area contributed by atoms with Gasteiger partial charge in [-0.05, 0) is 64.2 Å². The van der Waals surface area contributed by atoms with E-state index in [1.165, 1.54) is 37.5 Å². The van der Waals surface area contributed by atoms with Crippen molar-refractivity contribution in [3.63, 3.8) is 0 Å². The SMILES string of the molecule is CCCCCCc1ccc(OCCOc2c(Br)cc(/C=N\NC(N)=O)cc2OC)cc1. The maximum absolute atomic E-state index is 10.7. The Balaban J connectivity index is 1.83. The average Bonchev–Trinajstić information content (AvgIpc) is 2.75. The largest absolute Gasteiger partial charge is 0.493 e. The van der Waals surface area contributed by atoms with Gasteiger partial charge in [-0.15, -0.1) is 0 Å². The van der Waals surface area contributed by atoms with Crippen molar-refractivity contribution in [3.8, 4) is 17.2 Å². The molecule has 2 aromatic carbocycles. The first-order valence-corrected chi connectivity index (χ1v) is 11.1. The molecule has 0 saturated heterocycles. The first-order chi connectivity index (χ1) is 15.0. The van der Waals surface area contributed by atoms with Crippen LogP contribution in [0.25, 0.3) is 0 Å². The van der Waals surface area contributed by atoms with Crippen molar-refractivity contribution in [2.24, 2.45) is 10.8 Å². The Kier molecular flexibility index (Phi) is 10.7. The molecule has 2 amide bonds. The molecule has 0 aliphatic rings. The summed E-state index contributed by atoms with van der Waals surface area (Å²) in [7, 11) is 1.55. The number of carbonyl (C=O) groups is 1. The molecule has 0 saturated carbocycles. The van der Waals surface area contributed by atoms with Crippen LogP contribution < -0.4 is 25.4 Å². The topological polar surface area (TPSA) is 95.2 Å². The number of methoxy groups -OCH3 is 1. The fourth-order valence-corrected chi connectivity index (χ4v) is 3.51. The van der Waals surface area contributed by atoms with Crippen LogP contribution >= 0.6 is 15.9 Å². The molecule has 31 heavy (non-hydrogen) atoms. The van der Waals surface area contributed by atoms with Gasteiger partial charge >= 0.3 is 6.03 Å². The second kappa shape index (κ2) is 13.5. The van der Waals surface area contributed by atoms with E-state index in [-0.39, 0.29) is 0 Å². The van der Waals surface area contributed by atoms with Gasteiger partial charge in [0.1, 0.15) is 19.0 Å². The monoisotopic (exact) mass is 491 g/mol. The summed E-state index contributed by atoms with van der Waals surface area (Å²) in [5.74, 6) is 1.91. The molecule has 0 atom stereocenters. The molecular formula is C23H30BrN3O4. The maximum Gasteiger partial charge on any atom is 0.332 e. The number of rotatable bonds is 13. The van der Waals surface area contributed by atoms with E-state index in [1.807, 2.05) is 12.1 Å². The highest BCUT2D eigenvalue weighted by Crippen LogP contribution is 2.36. The normalized spacial score (nSPS) is 10.8. The summed E-state index contributed by atoms with van der Waals surface area (Å²) < 4.78 is 17.7. The van der Waals surface area contributed by atoms with Crippen LogP contribution in [0.1, 0.15) is 43.7 Å². The lowest BCUT2D eigenvalue weighted by Gasteiger charge is -2.14. The van der Waals surface area contributed by atoms with Crippen molar-refractivity contribution in [1.82, 2.24) is 5.43 Å². The highest BCUT2D eigenvalue weighted by Gasteiger charge is 2.11. The standard InChI is InChI=1S/C23H30BrN3O4/c1-3-4-5-6-7-17-8-10-19(11-9-17)30-12-13-31-22-20(24)14-18(15-21(22)29-2)16-26-27-23(25)28/h8-11,14-16H,3-7,12-13H2,1-2H3,(H3,25,27,28)/b26-16-. The molecule has 0 aliphatic heterocycles. The number of carbonyl (C=O) groups excluding carboxylic acids is 1. The van der Waals surface area contributed by atoms with Crippen LogP contribution in [-0.2, 0) is 6.42 Å². The number of ether oxygens (including phenoxy) is 3. The molecule has 2 rings (SSSR count). The molecule has 8 heteroatoms. The Morgan fingerprint density at radius 1 is 1.13 bits per heavy atom. The summed E-state index contributed by atoms with van der Waals surface area (Å²) in [4.78, 5) is 10.7. The quantitative estimate of drug-likeness (QED) is 0.233. The molecule has 168 valence electrons. The third kappa shape index (κ3) is 8.88. The first-order valence-electron chi connectivity index (χ1n) is 10.3. The number of amides is 2. The van der Waals surface area contributed by atoms with E-state index in [9.17, 15) is 4.79 Å². The summed E-state index contributed by atoms with van der Waals surface area (Å²) in [6.07, 6.45) is 7.62. The van der Waals surface area contributed by atoms with Crippen LogP contribution in [0, 0.1) is 0 Å². The molecule has 0 radical (unpaired) electrons. The number of hydrogen-bond acceptors (Lipinski definition) is 5. The zero-order chi connectivity index (χ0) is 22.5. The number of urea groups is 1. The van der Waals surface area contributed by atoms with Gasteiger partial charge in [-0.3, -0.25) is 0 Å². The molecule has 0 aliphatic carbocycles. The van der Waals surface area contributed by atoms with Crippen LogP contribution in [0.5, 0.6) is 17.2 Å². The van der Waals surface area contributed by atoms with Gasteiger partial charge in [-0.25, -0.2) is 10.2 Å². The number of nitrogens with zero attached hydrogens (tertiary/aromatic N) is 1. The molecule has 0 aromatic heterocycles. The molecule has 7 nitrogen and oxygen atoms in total. The summed E-state index contributed by atoms with van der Waals surface area (Å²) in [5, 5.41) is 3.74. The van der Waals surface area contributed by atoms with Crippen molar-refractivity contribution >= 4 is 28.2 Å². The Hall–Kier alpha value is -2.74. The van der Waals surface area contributed by atoms with Crippen LogP contribution in [0.3, 0.4) is 0 Å². The van der Waals surface area contributed by atoms with Gasteiger partial charge in [-0.2, -0.15) is 5.10 Å². The fraction of sp³-hybridized carbons (Fsp3) is 0.391. The third-order valence-corrected chi connectivity index (χ3v) is 5.07. The molecule has 0 heterocycles. The summed E-state index contributed by atoms with van der Waals surface area (Å²) in [5.41, 5.74) is 9.17. The van der Waals surface area contributed by atoms with Gasteiger partial charge < -0.3 is 19.9 Å². The minimum absolute atomic E-state index is 0.352. The second-order valence-corrected chi connectivity index (χ2v) is 7.77. The minimum Gasteiger partial charge on any atom is -0.493 e. The van der Waals surface area contributed by atoms with Crippen LogP contribution in [-0.4, -0.2) is 32.6 Å². The molecule has 0 spiro atoms. The summed E-state index contributed by atoms with van der Waals surface area (Å²) in [6, 6.07) is 11.0. The highest BCUT2D eigenvalue weighted by atomic mass is 79.9. The van der Waals surface area contributed by atoms with E-state index < -0.39 is 6.03 Å². The zero-order valence-corrected chi connectivity index (χ0v) is 19.6. The molecule has 0 fully saturated rings. The van der Waals surface area contributed by atoms with Gasteiger partial charge in [0.15, 0.2) is 11.5 Å². The summed E-state index contributed by atoms with van der Waals surface area (Å²) >= 11 is 3.48. The van der Waals surface area contributed by atoms with Gasteiger partial charge in [0.25, 0.3) is 0 Å². The number of benzene rings is 2. The van der Waals surface area contributed by atoms with Crippen molar-refractivity contribution < 1.29 is 19.0 Å². The lowest BCUT2D eigenvalue weighted by Crippen LogP contribution is -2.24. The van der Waals surface area contributed by atoms with E-state index in [0.29, 0.717) is 34.7 Å². The molecule has 0 bridgehead atoms. The number of halogens is 1. The van der Waals surface area contributed by atoms with Gasteiger partial charge in [0.05, 0.1) is 17.8 Å². The fourth-order valence-electron chi connectivity index (χ4n) is 2.94. The van der Waals surface area contributed by atoms with Gasteiger partial charge in [-0.1, -0.05) is 38.3 Å². The Morgan fingerprint density at radius 3 is 2.55 bits per heavy atom. The average molecular weight is 492 g/mol. The van der Waals surface area contributed by atoms with Crippen LogP contribution in [0.2, 0.25) is 0 Å². The van der Waals surface area contributed by atoms with E-state index >= 15 is 0 Å². The zero-order valence-electron chi connectivity index (χ0n) is 18.0. The predicted molar refractivity (Wildman–Crippen MR) is 126 cm³/mol. The number of nitrogens with one attached hydrogen (secondary N) is 1. The molecule has 2 aromatic rings. The number of unbranched alkanes of at least 4 members (excludes halogenated alkanes) is 3. The number of hydrazone groups is 1. The number of nitrogens with two attached hydrogens (primary N) is 1. The lowest BCUT2D eigenvalue weighted by molar-refractivity contribution is 0.210. The van der Waals surface area contributed by atoms with Crippen molar-refractivity contribution in [2.75, 3.05) is 20.3 Å². The van der Waals surface area contributed by atoms with Crippen molar-refractivity contribution in [3.05, 3.63) is 52.0 Å². The maximum atomic E-state index is 10.7. The molecular weight excluding hydrogens is 462 g/mol. The summed E-state index contributed by atoms with van der Waals surface area (Å²) in [6.45, 7) is 2.97. The smallest absolute Gasteiger partial charge is 0.332 e. The highest BCUT2D eigenvalue weighted by molar-refractivity contribution is 9.10. The van der Waals surface area contributed by atoms with Gasteiger partial charge in [0.2, 0.25) is 0 Å². The number of primary amides is 1. The van der Waals surface area contributed by atoms with Crippen LogP contribution in [0.4, 0.5) is 4.79 Å². The molecule has 0 unspecified atom stereocenters. The predicted octanol–water partition coefficient (Wildman–Crippen LogP) is 5.04.